The van der Waals surface area contributed by atoms with Crippen molar-refractivity contribution in [2.45, 2.75) is 99.4 Å². The van der Waals surface area contributed by atoms with Gasteiger partial charge in [-0.3, -0.25) is 24.0 Å². The summed E-state index contributed by atoms with van der Waals surface area (Å²) in [7, 11) is 1.41. The largest absolute Gasteiger partial charge is 0.513 e. The summed E-state index contributed by atoms with van der Waals surface area (Å²) in [5.74, 6) is -9.64. The van der Waals surface area contributed by atoms with E-state index in [0.29, 0.717) is 5.69 Å². The van der Waals surface area contributed by atoms with Crippen molar-refractivity contribution >= 4 is 41.1 Å². The van der Waals surface area contributed by atoms with Crippen molar-refractivity contribution < 1.29 is 67.4 Å². The number of carbonyl (C=O) groups is 6. The molecular formula is C47H56N2O14. The number of rotatable bonds is 6. The molecule has 3 heterocycles. The molecule has 63 heavy (non-hydrogen) atoms. The standard InChI is InChI=1S/C47H56N2O14/c1-12-59-46(57)62-42-28(8)43-34-32-33(42)40(54)36(35(39(32)53)48-30-18-16-22(2)17-19-30)49-45(56)24(4)15-13-14-23(3)37(51)26(6)38(52)27(7)41(61-29(9)50)25(5)31(58-11)20-21-60-47(10,63-43)44(34)55/h13-21,23,25-27,31,37-38,41,48,51-52H,12H2,1-11H3,(H,49,56). The third kappa shape index (κ3) is 9.77. The Labute approximate surface area is 366 Å². The van der Waals surface area contributed by atoms with Crippen LogP contribution >= 0.6 is 0 Å². The molecule has 0 saturated heterocycles. The number of aliphatic hydroxyl groups is 2. The molecule has 9 unspecified atom stereocenters. The molecule has 0 radical (unpaired) electrons. The second kappa shape index (κ2) is 19.5. The highest BCUT2D eigenvalue weighted by Crippen LogP contribution is 2.49. The van der Waals surface area contributed by atoms with E-state index in [9.17, 15) is 39.0 Å². The van der Waals surface area contributed by atoms with Crippen LogP contribution in [0.3, 0.4) is 0 Å². The summed E-state index contributed by atoms with van der Waals surface area (Å²) < 4.78 is 34.3. The van der Waals surface area contributed by atoms with E-state index < -0.39 is 118 Å². The molecule has 3 aliphatic heterocycles. The Morgan fingerprint density at radius 3 is 2.17 bits per heavy atom. The molecule has 2 aromatic carbocycles. The van der Waals surface area contributed by atoms with Gasteiger partial charge in [0.25, 0.3) is 11.7 Å². The van der Waals surface area contributed by atoms with E-state index >= 15 is 0 Å². The zero-order valence-corrected chi connectivity index (χ0v) is 37.3. The molecule has 4 N–H and O–H groups in total. The zero-order valence-electron chi connectivity index (χ0n) is 37.3. The first-order chi connectivity index (χ1) is 29.7. The Morgan fingerprint density at radius 2 is 1.56 bits per heavy atom. The summed E-state index contributed by atoms with van der Waals surface area (Å²) in [5.41, 5.74) is -0.886. The quantitative estimate of drug-likeness (QED) is 0.187. The highest BCUT2D eigenvalue weighted by atomic mass is 16.7. The van der Waals surface area contributed by atoms with E-state index in [1.807, 2.05) is 6.92 Å². The van der Waals surface area contributed by atoms with Gasteiger partial charge in [-0.25, -0.2) is 4.79 Å². The van der Waals surface area contributed by atoms with E-state index in [4.69, 9.17) is 28.4 Å². The zero-order chi connectivity index (χ0) is 46.7. The van der Waals surface area contributed by atoms with E-state index in [-0.39, 0.29) is 29.1 Å². The highest BCUT2D eigenvalue weighted by Gasteiger charge is 2.53. The average Bonchev–Trinajstić information content (AvgIpc) is 3.50. The lowest BCUT2D eigenvalue weighted by molar-refractivity contribution is -0.160. The predicted molar refractivity (Wildman–Crippen MR) is 229 cm³/mol. The predicted octanol–water partition coefficient (Wildman–Crippen LogP) is 6.21. The lowest BCUT2D eigenvalue weighted by Crippen LogP contribution is -2.46. The molecule has 1 aliphatic carbocycles. The highest BCUT2D eigenvalue weighted by molar-refractivity contribution is 6.33. The molecule has 16 heteroatoms. The molecule has 1 amide bonds. The number of aliphatic hydroxyl groups excluding tert-OH is 2. The number of amides is 1. The van der Waals surface area contributed by atoms with Gasteiger partial charge in [0.1, 0.15) is 23.2 Å². The maximum absolute atomic E-state index is 15.0. The number of benzene rings is 2. The SMILES string of the molecule is CCOC(=O)Oc1c(C)c2c3c4c1C(=O)C(=C(Nc1ccc(C)cc1)C4=O)NC(=O)C(C)=CC=CC(C)C(O)C(C)C(O)C(C)C(OC(C)=O)C(C)C(OC)C=COC(C)(O2)C3=O. The lowest BCUT2D eigenvalue weighted by Gasteiger charge is -2.38. The van der Waals surface area contributed by atoms with Crippen molar-refractivity contribution in [1.29, 1.82) is 0 Å². The van der Waals surface area contributed by atoms with Gasteiger partial charge in [0.05, 0.1) is 47.9 Å². The van der Waals surface area contributed by atoms with Gasteiger partial charge in [0, 0.05) is 61.5 Å². The van der Waals surface area contributed by atoms with Crippen LogP contribution in [0.4, 0.5) is 10.5 Å². The Morgan fingerprint density at radius 1 is 0.889 bits per heavy atom. The van der Waals surface area contributed by atoms with E-state index in [1.165, 1.54) is 60.0 Å². The van der Waals surface area contributed by atoms with E-state index in [1.54, 1.807) is 58.0 Å². The van der Waals surface area contributed by atoms with Gasteiger partial charge in [-0.15, -0.1) is 0 Å². The fourth-order valence-corrected chi connectivity index (χ4v) is 7.94. The van der Waals surface area contributed by atoms with Crippen LogP contribution in [0.1, 0.15) is 97.6 Å². The fourth-order valence-electron chi connectivity index (χ4n) is 7.94. The third-order valence-corrected chi connectivity index (χ3v) is 11.7. The van der Waals surface area contributed by atoms with Crippen LogP contribution in [0.25, 0.3) is 0 Å². The molecule has 5 bridgehead atoms. The smallest absolute Gasteiger partial charge is 0.462 e. The normalized spacial score (nSPS) is 27.9. The lowest BCUT2D eigenvalue weighted by atomic mass is 9.78. The van der Waals surface area contributed by atoms with Gasteiger partial charge < -0.3 is 49.3 Å². The summed E-state index contributed by atoms with van der Waals surface area (Å²) in [6.45, 7) is 15.5. The maximum atomic E-state index is 15.0. The summed E-state index contributed by atoms with van der Waals surface area (Å²) in [4.78, 5) is 83.7. The number of carbonyl (C=O) groups excluding carboxylic acids is 6. The summed E-state index contributed by atoms with van der Waals surface area (Å²) in [6.07, 6.45) is 1.95. The number of ketones is 3. The number of Topliss-reactive ketones (excluding diaryl/α,β-unsaturated/α-hetero) is 3. The topological polar surface area (TPSA) is 222 Å². The molecule has 0 saturated carbocycles. The first kappa shape index (κ1) is 47.9. The van der Waals surface area contributed by atoms with Crippen molar-refractivity contribution in [2.75, 3.05) is 19.0 Å². The van der Waals surface area contributed by atoms with Gasteiger partial charge >= 0.3 is 17.9 Å². The number of hydrogen-bond acceptors (Lipinski definition) is 15. The summed E-state index contributed by atoms with van der Waals surface area (Å²) in [5, 5.41) is 28.5. The van der Waals surface area contributed by atoms with Crippen molar-refractivity contribution in [3.63, 3.8) is 0 Å². The number of allylic oxidation sites excluding steroid dienone is 4. The Balaban J connectivity index is 1.75. The average molecular weight is 873 g/mol. The van der Waals surface area contributed by atoms with Crippen molar-refractivity contribution in [3.05, 3.63) is 99.6 Å². The molecule has 0 fully saturated rings. The monoisotopic (exact) mass is 872 g/mol. The minimum Gasteiger partial charge on any atom is -0.462 e. The summed E-state index contributed by atoms with van der Waals surface area (Å²) in [6, 6.07) is 6.83. The number of hydrogen-bond donors (Lipinski definition) is 4. The Kier molecular flexibility index (Phi) is 14.9. The molecule has 0 spiro atoms. The van der Waals surface area contributed by atoms with E-state index in [0.717, 1.165) is 11.8 Å². The second-order valence-electron chi connectivity index (χ2n) is 16.3. The number of aryl methyl sites for hydroxylation is 1. The van der Waals surface area contributed by atoms with Crippen LogP contribution in [-0.4, -0.2) is 89.5 Å². The number of methoxy groups -OCH3 is 1. The van der Waals surface area contributed by atoms with Gasteiger partial charge in [-0.1, -0.05) is 63.6 Å². The first-order valence-electron chi connectivity index (χ1n) is 20.7. The Hall–Kier alpha value is -6.10. The van der Waals surface area contributed by atoms with Crippen LogP contribution in [-0.2, 0) is 28.5 Å². The molecule has 6 rings (SSSR count). The van der Waals surface area contributed by atoms with Crippen LogP contribution in [0.15, 0.2) is 71.8 Å². The molecule has 338 valence electrons. The van der Waals surface area contributed by atoms with Crippen LogP contribution in [0.2, 0.25) is 0 Å². The van der Waals surface area contributed by atoms with Crippen LogP contribution in [0.5, 0.6) is 11.5 Å². The Bertz CT molecular complexity index is 2290. The van der Waals surface area contributed by atoms with Gasteiger partial charge in [-0.05, 0) is 45.9 Å². The summed E-state index contributed by atoms with van der Waals surface area (Å²) >= 11 is 0. The van der Waals surface area contributed by atoms with Crippen LogP contribution < -0.4 is 20.1 Å². The van der Waals surface area contributed by atoms with Gasteiger partial charge in [0.15, 0.2) is 5.75 Å². The number of esters is 1. The van der Waals surface area contributed by atoms with Crippen molar-refractivity contribution in [2.24, 2.45) is 23.7 Å². The number of fused-ring (bicyclic) bond motifs is 14. The fraction of sp³-hybridized carbons (Fsp3) is 0.447. The molecule has 2 aromatic rings. The number of anilines is 1. The number of nitrogens with one attached hydrogen (secondary N) is 2. The van der Waals surface area contributed by atoms with Gasteiger partial charge in [0.2, 0.25) is 11.6 Å². The molecular weight excluding hydrogens is 817 g/mol. The van der Waals surface area contributed by atoms with Crippen LogP contribution in [0, 0.1) is 37.5 Å². The molecule has 0 aromatic heterocycles. The molecule has 4 aliphatic rings. The van der Waals surface area contributed by atoms with Crippen molar-refractivity contribution in [1.82, 2.24) is 5.32 Å². The van der Waals surface area contributed by atoms with Gasteiger partial charge in [-0.2, -0.15) is 0 Å². The first-order valence-corrected chi connectivity index (χ1v) is 20.7. The van der Waals surface area contributed by atoms with Crippen molar-refractivity contribution in [3.8, 4) is 11.5 Å². The minimum atomic E-state index is -2.17. The molecule has 16 nitrogen and oxygen atoms in total. The third-order valence-electron chi connectivity index (χ3n) is 11.7. The van der Waals surface area contributed by atoms with E-state index in [2.05, 4.69) is 10.6 Å². The maximum Gasteiger partial charge on any atom is 0.513 e. The second-order valence-corrected chi connectivity index (χ2v) is 16.3. The molecule has 9 atom stereocenters. The minimum absolute atomic E-state index is 0.0272. The number of ether oxygens (including phenoxy) is 6.